The molecule has 2 heterocycles. The second-order valence-electron chi connectivity index (χ2n) is 7.54. The topological polar surface area (TPSA) is 59.2 Å². The predicted molar refractivity (Wildman–Crippen MR) is 103 cm³/mol. The van der Waals surface area contributed by atoms with Crippen molar-refractivity contribution in [2.45, 2.75) is 38.6 Å². The first-order valence-corrected chi connectivity index (χ1v) is 9.46. The molecule has 3 aromatic rings. The van der Waals surface area contributed by atoms with Gasteiger partial charge in [0.2, 0.25) is 17.6 Å². The number of aromatic nitrogens is 2. The fourth-order valence-corrected chi connectivity index (χ4v) is 3.46. The molecule has 4 rings (SSSR count). The van der Waals surface area contributed by atoms with Gasteiger partial charge in [-0.1, -0.05) is 55.4 Å². The number of benzene rings is 2. The lowest BCUT2D eigenvalue weighted by Crippen LogP contribution is -2.24. The fraction of sp³-hybridized carbons (Fsp3) is 0.318. The summed E-state index contributed by atoms with van der Waals surface area (Å²) in [5.41, 5.74) is 2.94. The average molecular weight is 379 g/mol. The van der Waals surface area contributed by atoms with Crippen LogP contribution in [0.1, 0.15) is 49.1 Å². The monoisotopic (exact) mass is 379 g/mol. The van der Waals surface area contributed by atoms with Gasteiger partial charge in [0.05, 0.1) is 5.92 Å². The molecule has 1 unspecified atom stereocenters. The summed E-state index contributed by atoms with van der Waals surface area (Å²) in [4.78, 5) is 18.7. The zero-order valence-electron chi connectivity index (χ0n) is 15.9. The lowest BCUT2D eigenvalue weighted by Gasteiger charge is -2.16. The summed E-state index contributed by atoms with van der Waals surface area (Å²) < 4.78 is 18.8. The fourth-order valence-electron chi connectivity index (χ4n) is 3.46. The van der Waals surface area contributed by atoms with E-state index in [1.54, 1.807) is 12.1 Å². The summed E-state index contributed by atoms with van der Waals surface area (Å²) in [6.07, 6.45) is 0.342. The van der Waals surface area contributed by atoms with Crippen LogP contribution < -0.4 is 0 Å². The van der Waals surface area contributed by atoms with Crippen molar-refractivity contribution >= 4 is 5.91 Å². The van der Waals surface area contributed by atoms with Gasteiger partial charge in [0, 0.05) is 25.1 Å². The van der Waals surface area contributed by atoms with Crippen molar-refractivity contribution in [1.29, 1.82) is 0 Å². The molecule has 1 saturated heterocycles. The van der Waals surface area contributed by atoms with Gasteiger partial charge in [-0.2, -0.15) is 4.98 Å². The van der Waals surface area contributed by atoms with E-state index < -0.39 is 0 Å². The van der Waals surface area contributed by atoms with Gasteiger partial charge in [-0.25, -0.2) is 4.39 Å². The number of carbonyl (C=O) groups is 1. The van der Waals surface area contributed by atoms with Crippen LogP contribution in [-0.4, -0.2) is 27.5 Å². The van der Waals surface area contributed by atoms with Gasteiger partial charge in [-0.05, 0) is 29.2 Å². The first-order chi connectivity index (χ1) is 13.5. The Morgan fingerprint density at radius 1 is 1.21 bits per heavy atom. The first-order valence-electron chi connectivity index (χ1n) is 9.46. The van der Waals surface area contributed by atoms with Crippen molar-refractivity contribution in [3.05, 3.63) is 71.4 Å². The maximum absolute atomic E-state index is 13.4. The molecule has 1 atom stereocenters. The van der Waals surface area contributed by atoms with Crippen LogP contribution in [0.5, 0.6) is 0 Å². The Balaban J connectivity index is 1.45. The Morgan fingerprint density at radius 3 is 2.71 bits per heavy atom. The van der Waals surface area contributed by atoms with Gasteiger partial charge in [-0.3, -0.25) is 4.79 Å². The molecule has 0 spiro atoms. The molecule has 1 aliphatic heterocycles. The van der Waals surface area contributed by atoms with E-state index in [1.807, 2.05) is 4.90 Å². The van der Waals surface area contributed by atoms with Crippen molar-refractivity contribution in [1.82, 2.24) is 15.0 Å². The van der Waals surface area contributed by atoms with Gasteiger partial charge in [0.25, 0.3) is 0 Å². The highest BCUT2D eigenvalue weighted by molar-refractivity contribution is 5.79. The largest absolute Gasteiger partial charge is 0.339 e. The van der Waals surface area contributed by atoms with Crippen LogP contribution in [0.3, 0.4) is 0 Å². The van der Waals surface area contributed by atoms with E-state index >= 15 is 0 Å². The van der Waals surface area contributed by atoms with E-state index in [9.17, 15) is 9.18 Å². The number of halogens is 1. The molecule has 6 heteroatoms. The number of likely N-dealkylation sites (tertiary alicyclic amines) is 1. The smallest absolute Gasteiger partial charge is 0.232 e. The van der Waals surface area contributed by atoms with Crippen LogP contribution in [0.25, 0.3) is 11.4 Å². The highest BCUT2D eigenvalue weighted by Crippen LogP contribution is 2.30. The molecule has 1 fully saturated rings. The molecule has 0 aliphatic carbocycles. The van der Waals surface area contributed by atoms with Gasteiger partial charge < -0.3 is 9.42 Å². The SMILES string of the molecule is CC(C)c1ccc(CN2CC(c3nc(-c4cccc(F)c4)no3)CC2=O)cc1. The molecule has 0 bridgehead atoms. The number of rotatable bonds is 5. The summed E-state index contributed by atoms with van der Waals surface area (Å²) in [7, 11) is 0. The molecule has 0 saturated carbocycles. The van der Waals surface area contributed by atoms with Crippen LogP contribution in [0.2, 0.25) is 0 Å². The minimum atomic E-state index is -0.352. The minimum absolute atomic E-state index is 0.0726. The lowest BCUT2D eigenvalue weighted by molar-refractivity contribution is -0.128. The van der Waals surface area contributed by atoms with E-state index in [4.69, 9.17) is 4.52 Å². The first kappa shape index (κ1) is 18.3. The normalized spacial score (nSPS) is 16.9. The number of amides is 1. The van der Waals surface area contributed by atoms with Crippen LogP contribution in [0.15, 0.2) is 53.1 Å². The molecule has 1 amide bonds. The zero-order valence-corrected chi connectivity index (χ0v) is 15.9. The molecule has 1 aliphatic rings. The predicted octanol–water partition coefficient (Wildman–Crippen LogP) is 4.52. The Bertz CT molecular complexity index is 981. The molecule has 0 N–H and O–H groups in total. The summed E-state index contributed by atoms with van der Waals surface area (Å²) >= 11 is 0. The minimum Gasteiger partial charge on any atom is -0.339 e. The summed E-state index contributed by atoms with van der Waals surface area (Å²) in [5.74, 6) is 0.821. The van der Waals surface area contributed by atoms with Crippen molar-refractivity contribution < 1.29 is 13.7 Å². The zero-order chi connectivity index (χ0) is 19.7. The molecule has 144 valence electrons. The summed E-state index contributed by atoms with van der Waals surface area (Å²) in [6.45, 7) is 5.42. The lowest BCUT2D eigenvalue weighted by atomic mass is 10.0. The molecule has 0 radical (unpaired) electrons. The van der Waals surface area contributed by atoms with E-state index in [0.29, 0.717) is 42.7 Å². The Labute approximate surface area is 163 Å². The Hall–Kier alpha value is -3.02. The van der Waals surface area contributed by atoms with Crippen LogP contribution in [-0.2, 0) is 11.3 Å². The molecule has 1 aromatic heterocycles. The number of hydrogen-bond donors (Lipinski definition) is 0. The molecule has 2 aromatic carbocycles. The molecular formula is C22H22FN3O2. The van der Waals surface area contributed by atoms with Crippen molar-refractivity contribution in [2.75, 3.05) is 6.54 Å². The van der Waals surface area contributed by atoms with Crippen molar-refractivity contribution in [2.24, 2.45) is 0 Å². The number of hydrogen-bond acceptors (Lipinski definition) is 4. The van der Waals surface area contributed by atoms with Crippen LogP contribution >= 0.6 is 0 Å². The second kappa shape index (κ2) is 7.54. The maximum Gasteiger partial charge on any atom is 0.232 e. The van der Waals surface area contributed by atoms with Gasteiger partial charge in [0.15, 0.2) is 0 Å². The van der Waals surface area contributed by atoms with Gasteiger partial charge in [0.1, 0.15) is 5.82 Å². The van der Waals surface area contributed by atoms with Crippen molar-refractivity contribution in [3.8, 4) is 11.4 Å². The average Bonchev–Trinajstić information content (AvgIpc) is 3.30. The molecular weight excluding hydrogens is 357 g/mol. The standard InChI is InChI=1S/C22H22FN3O2/c1-14(2)16-8-6-15(7-9-16)12-26-13-18(11-20(26)27)22-24-21(25-28-22)17-4-3-5-19(23)10-17/h3-10,14,18H,11-13H2,1-2H3. The summed E-state index contributed by atoms with van der Waals surface area (Å²) in [6, 6.07) is 14.4. The maximum atomic E-state index is 13.4. The summed E-state index contributed by atoms with van der Waals surface area (Å²) in [5, 5.41) is 3.95. The van der Waals surface area contributed by atoms with Gasteiger partial charge >= 0.3 is 0 Å². The molecule has 5 nitrogen and oxygen atoms in total. The van der Waals surface area contributed by atoms with Gasteiger partial charge in [-0.15, -0.1) is 0 Å². The van der Waals surface area contributed by atoms with E-state index in [1.165, 1.54) is 17.7 Å². The Morgan fingerprint density at radius 2 is 2.00 bits per heavy atom. The third kappa shape index (κ3) is 3.81. The second-order valence-corrected chi connectivity index (χ2v) is 7.54. The van der Waals surface area contributed by atoms with Crippen LogP contribution in [0, 0.1) is 5.82 Å². The third-order valence-electron chi connectivity index (χ3n) is 5.11. The van der Waals surface area contributed by atoms with E-state index in [2.05, 4.69) is 48.3 Å². The van der Waals surface area contributed by atoms with E-state index in [-0.39, 0.29) is 17.6 Å². The highest BCUT2D eigenvalue weighted by atomic mass is 19.1. The van der Waals surface area contributed by atoms with Crippen molar-refractivity contribution in [3.63, 3.8) is 0 Å². The Kier molecular flexibility index (Phi) is 4.94. The number of nitrogens with zero attached hydrogens (tertiary/aromatic N) is 3. The number of carbonyl (C=O) groups excluding carboxylic acids is 1. The highest BCUT2D eigenvalue weighted by Gasteiger charge is 2.34. The third-order valence-corrected chi connectivity index (χ3v) is 5.11. The van der Waals surface area contributed by atoms with Crippen LogP contribution in [0.4, 0.5) is 4.39 Å². The quantitative estimate of drug-likeness (QED) is 0.654. The molecule has 28 heavy (non-hydrogen) atoms. The van der Waals surface area contributed by atoms with E-state index in [0.717, 1.165) is 5.56 Å².